The van der Waals surface area contributed by atoms with Crippen molar-refractivity contribution >= 4 is 12.0 Å². The number of alkyl carbamates (subject to hydrolysis) is 1. The fraction of sp³-hybridized carbons (Fsp3) is 0.579. The van der Waals surface area contributed by atoms with Gasteiger partial charge in [0, 0.05) is 24.9 Å². The number of halogens is 3. The molecule has 0 bridgehead atoms. The molecule has 1 fully saturated rings. The highest BCUT2D eigenvalue weighted by molar-refractivity contribution is 5.87. The molecule has 6 nitrogen and oxygen atoms in total. The van der Waals surface area contributed by atoms with E-state index in [-0.39, 0.29) is 17.9 Å². The molecule has 2 amide bonds. The van der Waals surface area contributed by atoms with Crippen molar-refractivity contribution in [2.45, 2.75) is 57.6 Å². The van der Waals surface area contributed by atoms with Crippen molar-refractivity contribution in [3.63, 3.8) is 0 Å². The van der Waals surface area contributed by atoms with E-state index in [1.165, 1.54) is 19.1 Å². The maximum absolute atomic E-state index is 14.3. The molecule has 28 heavy (non-hydrogen) atoms. The summed E-state index contributed by atoms with van der Waals surface area (Å²) in [6, 6.07) is 2.09. The van der Waals surface area contributed by atoms with Crippen LogP contribution >= 0.6 is 0 Å². The second kappa shape index (κ2) is 7.89. The first-order valence-corrected chi connectivity index (χ1v) is 8.93. The summed E-state index contributed by atoms with van der Waals surface area (Å²) in [5.74, 6) is -5.71. The summed E-state index contributed by atoms with van der Waals surface area (Å²) < 4.78 is 46.5. The average molecular weight is 402 g/mol. The molecule has 0 unspecified atom stereocenters. The smallest absolute Gasteiger partial charge is 0.408 e. The van der Waals surface area contributed by atoms with Gasteiger partial charge in [0.2, 0.25) is 5.91 Å². The summed E-state index contributed by atoms with van der Waals surface area (Å²) in [6.07, 6.45) is -1.39. The second-order valence-electron chi connectivity index (χ2n) is 7.98. The molecule has 1 aromatic carbocycles. The molecule has 0 aromatic heterocycles. The van der Waals surface area contributed by atoms with Crippen LogP contribution in [0, 0.1) is 5.82 Å². The minimum atomic E-state index is -3.00. The summed E-state index contributed by atoms with van der Waals surface area (Å²) in [5.41, 5.74) is -0.788. The standard InChI is InChI=1S/C19H25F3N2O4/c1-11(13-6-5-12(25)9-14(13)20)15(23-17(27)28-18(2,3)4)16(26)24-8-7-19(21,22)10-24/h5-6,9,11,15,25H,7-8,10H2,1-4H3,(H,23,27)/t11-,15-/m0/s1. The number of amides is 2. The molecule has 0 spiro atoms. The molecule has 1 saturated heterocycles. The van der Waals surface area contributed by atoms with Crippen molar-refractivity contribution in [2.24, 2.45) is 0 Å². The maximum Gasteiger partial charge on any atom is 0.408 e. The van der Waals surface area contributed by atoms with Crippen molar-refractivity contribution in [2.75, 3.05) is 13.1 Å². The Morgan fingerprint density at radius 3 is 2.46 bits per heavy atom. The van der Waals surface area contributed by atoms with Gasteiger partial charge in [0.1, 0.15) is 23.2 Å². The third-order valence-corrected chi connectivity index (χ3v) is 4.39. The number of rotatable bonds is 4. The highest BCUT2D eigenvalue weighted by atomic mass is 19.3. The van der Waals surface area contributed by atoms with E-state index >= 15 is 0 Å². The summed E-state index contributed by atoms with van der Waals surface area (Å²) in [7, 11) is 0. The first kappa shape index (κ1) is 21.8. The van der Waals surface area contributed by atoms with E-state index in [1.54, 1.807) is 20.8 Å². The third kappa shape index (κ3) is 5.53. The van der Waals surface area contributed by atoms with Gasteiger partial charge in [-0.3, -0.25) is 4.79 Å². The van der Waals surface area contributed by atoms with Crippen LogP contribution in [0.1, 0.15) is 45.6 Å². The molecule has 1 aromatic rings. The number of phenolic OH excluding ortho intramolecular Hbond substituents is 1. The Labute approximate surface area is 161 Å². The Kier molecular flexibility index (Phi) is 6.15. The molecule has 2 N–H and O–H groups in total. The molecule has 0 saturated carbocycles. The number of hydrogen-bond donors (Lipinski definition) is 2. The number of benzene rings is 1. The quantitative estimate of drug-likeness (QED) is 0.809. The fourth-order valence-corrected chi connectivity index (χ4v) is 3.02. The topological polar surface area (TPSA) is 78.9 Å². The molecule has 1 heterocycles. The van der Waals surface area contributed by atoms with Gasteiger partial charge in [-0.1, -0.05) is 13.0 Å². The summed E-state index contributed by atoms with van der Waals surface area (Å²) >= 11 is 0. The van der Waals surface area contributed by atoms with Gasteiger partial charge in [0.15, 0.2) is 0 Å². The molecular formula is C19H25F3N2O4. The minimum absolute atomic E-state index is 0.0539. The predicted molar refractivity (Wildman–Crippen MR) is 95.8 cm³/mol. The lowest BCUT2D eigenvalue weighted by Gasteiger charge is -2.30. The SMILES string of the molecule is C[C@@H](c1ccc(O)cc1F)[C@H](NC(=O)OC(C)(C)C)C(=O)N1CCC(F)(F)C1. The van der Waals surface area contributed by atoms with Crippen molar-refractivity contribution in [3.05, 3.63) is 29.6 Å². The lowest BCUT2D eigenvalue weighted by atomic mass is 9.91. The Morgan fingerprint density at radius 1 is 1.32 bits per heavy atom. The van der Waals surface area contributed by atoms with Crippen LogP contribution in [0.4, 0.5) is 18.0 Å². The Bertz CT molecular complexity index is 749. The number of carbonyl (C=O) groups is 2. The molecule has 9 heteroatoms. The largest absolute Gasteiger partial charge is 0.508 e. The van der Waals surface area contributed by atoms with Crippen LogP contribution in [-0.2, 0) is 9.53 Å². The number of nitrogens with one attached hydrogen (secondary N) is 1. The molecule has 1 aliphatic heterocycles. The predicted octanol–water partition coefficient (Wildman–Crippen LogP) is 3.40. The van der Waals surface area contributed by atoms with Crippen molar-refractivity contribution in [3.8, 4) is 5.75 Å². The maximum atomic E-state index is 14.3. The molecule has 2 atom stereocenters. The van der Waals surface area contributed by atoms with Gasteiger partial charge in [0.25, 0.3) is 5.92 Å². The van der Waals surface area contributed by atoms with Gasteiger partial charge in [-0.2, -0.15) is 0 Å². The zero-order valence-electron chi connectivity index (χ0n) is 16.3. The fourth-order valence-electron chi connectivity index (χ4n) is 3.02. The minimum Gasteiger partial charge on any atom is -0.508 e. The monoisotopic (exact) mass is 402 g/mol. The van der Waals surface area contributed by atoms with Crippen LogP contribution in [0.15, 0.2) is 18.2 Å². The lowest BCUT2D eigenvalue weighted by molar-refractivity contribution is -0.134. The van der Waals surface area contributed by atoms with Crippen LogP contribution in [0.2, 0.25) is 0 Å². The zero-order chi connectivity index (χ0) is 21.3. The normalized spacial score (nSPS) is 18.5. The van der Waals surface area contributed by atoms with Crippen molar-refractivity contribution in [1.82, 2.24) is 10.2 Å². The number of hydrogen-bond acceptors (Lipinski definition) is 4. The van der Waals surface area contributed by atoms with Gasteiger partial charge in [-0.25, -0.2) is 18.0 Å². The molecule has 2 rings (SSSR count). The van der Waals surface area contributed by atoms with E-state index in [0.29, 0.717) is 0 Å². The number of nitrogens with zero attached hydrogens (tertiary/aromatic N) is 1. The number of phenols is 1. The van der Waals surface area contributed by atoms with Gasteiger partial charge in [0.05, 0.1) is 6.54 Å². The van der Waals surface area contributed by atoms with E-state index in [1.807, 2.05) is 0 Å². The van der Waals surface area contributed by atoms with Crippen LogP contribution < -0.4 is 5.32 Å². The van der Waals surface area contributed by atoms with E-state index in [0.717, 1.165) is 11.0 Å². The van der Waals surface area contributed by atoms with Crippen LogP contribution in [0.5, 0.6) is 5.75 Å². The van der Waals surface area contributed by atoms with Crippen molar-refractivity contribution in [1.29, 1.82) is 0 Å². The van der Waals surface area contributed by atoms with Crippen LogP contribution in [0.25, 0.3) is 0 Å². The number of aromatic hydroxyl groups is 1. The Morgan fingerprint density at radius 2 is 1.96 bits per heavy atom. The highest BCUT2D eigenvalue weighted by Gasteiger charge is 2.43. The Balaban J connectivity index is 2.29. The highest BCUT2D eigenvalue weighted by Crippen LogP contribution is 2.30. The summed E-state index contributed by atoms with van der Waals surface area (Å²) in [4.78, 5) is 26.0. The summed E-state index contributed by atoms with van der Waals surface area (Å²) in [5, 5.41) is 11.8. The number of alkyl halides is 2. The van der Waals surface area contributed by atoms with E-state index in [4.69, 9.17) is 4.74 Å². The van der Waals surface area contributed by atoms with E-state index < -0.39 is 54.3 Å². The second-order valence-corrected chi connectivity index (χ2v) is 7.98. The zero-order valence-corrected chi connectivity index (χ0v) is 16.3. The average Bonchev–Trinajstić information content (AvgIpc) is 2.90. The summed E-state index contributed by atoms with van der Waals surface area (Å²) in [6.45, 7) is 5.46. The van der Waals surface area contributed by atoms with Crippen LogP contribution in [0.3, 0.4) is 0 Å². The molecule has 1 aliphatic rings. The third-order valence-electron chi connectivity index (χ3n) is 4.39. The number of carbonyl (C=O) groups excluding carboxylic acids is 2. The molecule has 156 valence electrons. The van der Waals surface area contributed by atoms with Gasteiger partial charge in [-0.05, 0) is 32.4 Å². The van der Waals surface area contributed by atoms with E-state index in [2.05, 4.69) is 5.32 Å². The Hall–Kier alpha value is -2.45. The molecular weight excluding hydrogens is 377 g/mol. The van der Waals surface area contributed by atoms with E-state index in [9.17, 15) is 27.9 Å². The van der Waals surface area contributed by atoms with Gasteiger partial charge >= 0.3 is 6.09 Å². The lowest BCUT2D eigenvalue weighted by Crippen LogP contribution is -2.52. The molecule has 0 aliphatic carbocycles. The van der Waals surface area contributed by atoms with Crippen LogP contribution in [-0.4, -0.2) is 52.7 Å². The van der Waals surface area contributed by atoms with Crippen molar-refractivity contribution < 1.29 is 32.6 Å². The molecule has 0 radical (unpaired) electrons. The number of likely N-dealkylation sites (tertiary alicyclic amines) is 1. The first-order valence-electron chi connectivity index (χ1n) is 8.93. The number of ether oxygens (including phenoxy) is 1. The van der Waals surface area contributed by atoms with Gasteiger partial charge < -0.3 is 20.1 Å². The first-order chi connectivity index (χ1) is 12.8. The van der Waals surface area contributed by atoms with Gasteiger partial charge in [-0.15, -0.1) is 0 Å².